The minimum Gasteiger partial charge on any atom is -0.492 e. The Hall–Kier alpha value is -2.63. The second-order valence-electron chi connectivity index (χ2n) is 6.19. The van der Waals surface area contributed by atoms with E-state index in [0.717, 1.165) is 5.56 Å². The zero-order valence-corrected chi connectivity index (χ0v) is 17.4. The van der Waals surface area contributed by atoms with Crippen LogP contribution >= 0.6 is 23.2 Å². The van der Waals surface area contributed by atoms with Crippen molar-refractivity contribution in [2.24, 2.45) is 0 Å². The second-order valence-corrected chi connectivity index (χ2v) is 6.97. The van der Waals surface area contributed by atoms with Crippen LogP contribution in [0.25, 0.3) is 11.3 Å². The molecule has 0 atom stereocenters. The SMILES string of the molecule is CCc1cc(C(=O)OCc2ccccc2)nc(-c2ccc(Cl)c(OC)c2F)c1Cl. The van der Waals surface area contributed by atoms with E-state index in [-0.39, 0.29) is 39.4 Å². The molecule has 1 aromatic heterocycles. The van der Waals surface area contributed by atoms with E-state index in [0.29, 0.717) is 12.0 Å². The zero-order chi connectivity index (χ0) is 21.0. The predicted octanol–water partition coefficient (Wildman–Crippen LogP) is 6.12. The van der Waals surface area contributed by atoms with Crippen LogP contribution in [0.5, 0.6) is 5.75 Å². The Morgan fingerprint density at radius 1 is 1.14 bits per heavy atom. The number of nitrogens with zero attached hydrogens (tertiary/aromatic N) is 1. The number of methoxy groups -OCH3 is 1. The van der Waals surface area contributed by atoms with Crippen molar-refractivity contribution in [3.63, 3.8) is 0 Å². The van der Waals surface area contributed by atoms with Crippen LogP contribution in [-0.2, 0) is 17.8 Å². The molecule has 0 amide bonds. The van der Waals surface area contributed by atoms with Crippen LogP contribution < -0.4 is 4.74 Å². The Morgan fingerprint density at radius 2 is 1.86 bits per heavy atom. The van der Waals surface area contributed by atoms with Gasteiger partial charge in [-0.2, -0.15) is 0 Å². The first-order valence-corrected chi connectivity index (χ1v) is 9.64. The molecule has 2 aromatic carbocycles. The maximum atomic E-state index is 14.9. The number of aryl methyl sites for hydroxylation is 1. The van der Waals surface area contributed by atoms with Gasteiger partial charge in [-0.3, -0.25) is 0 Å². The van der Waals surface area contributed by atoms with E-state index in [1.165, 1.54) is 19.2 Å². The van der Waals surface area contributed by atoms with Crippen molar-refractivity contribution < 1.29 is 18.7 Å². The largest absolute Gasteiger partial charge is 0.492 e. The smallest absolute Gasteiger partial charge is 0.357 e. The molecule has 29 heavy (non-hydrogen) atoms. The van der Waals surface area contributed by atoms with Gasteiger partial charge < -0.3 is 9.47 Å². The Balaban J connectivity index is 2.00. The van der Waals surface area contributed by atoms with E-state index in [1.54, 1.807) is 6.07 Å². The summed E-state index contributed by atoms with van der Waals surface area (Å²) in [5.74, 6) is -1.44. The molecule has 0 saturated heterocycles. The Bertz CT molecular complexity index is 1040. The quantitative estimate of drug-likeness (QED) is 0.439. The molecule has 3 aromatic rings. The van der Waals surface area contributed by atoms with Gasteiger partial charge in [-0.05, 0) is 35.7 Å². The molecule has 1 heterocycles. The van der Waals surface area contributed by atoms with Gasteiger partial charge in [0.25, 0.3) is 0 Å². The average molecular weight is 434 g/mol. The number of carbonyl (C=O) groups is 1. The highest BCUT2D eigenvalue weighted by molar-refractivity contribution is 6.34. The molecule has 150 valence electrons. The topological polar surface area (TPSA) is 48.4 Å². The maximum absolute atomic E-state index is 14.9. The van der Waals surface area contributed by atoms with Gasteiger partial charge in [-0.1, -0.05) is 60.5 Å². The van der Waals surface area contributed by atoms with E-state index >= 15 is 0 Å². The van der Waals surface area contributed by atoms with Crippen molar-refractivity contribution in [2.75, 3.05) is 7.11 Å². The fourth-order valence-corrected chi connectivity index (χ4v) is 3.38. The third kappa shape index (κ3) is 4.52. The van der Waals surface area contributed by atoms with E-state index in [9.17, 15) is 9.18 Å². The van der Waals surface area contributed by atoms with E-state index < -0.39 is 11.8 Å². The molecular formula is C22H18Cl2FNO3. The molecule has 0 aliphatic rings. The van der Waals surface area contributed by atoms with Crippen molar-refractivity contribution in [2.45, 2.75) is 20.0 Å². The van der Waals surface area contributed by atoms with Crippen molar-refractivity contribution in [1.82, 2.24) is 4.98 Å². The van der Waals surface area contributed by atoms with Crippen molar-refractivity contribution >= 4 is 29.2 Å². The Morgan fingerprint density at radius 3 is 2.52 bits per heavy atom. The highest BCUT2D eigenvalue weighted by atomic mass is 35.5. The molecule has 0 saturated carbocycles. The highest BCUT2D eigenvalue weighted by Crippen LogP contribution is 2.38. The Kier molecular flexibility index (Phi) is 6.72. The van der Waals surface area contributed by atoms with Gasteiger partial charge in [0.1, 0.15) is 12.3 Å². The molecule has 0 aliphatic heterocycles. The highest BCUT2D eigenvalue weighted by Gasteiger charge is 2.22. The fraction of sp³-hybridized carbons (Fsp3) is 0.182. The molecule has 0 radical (unpaired) electrons. The summed E-state index contributed by atoms with van der Waals surface area (Å²) in [6, 6.07) is 13.8. The van der Waals surface area contributed by atoms with Gasteiger partial charge in [-0.25, -0.2) is 14.2 Å². The first-order valence-electron chi connectivity index (χ1n) is 8.89. The van der Waals surface area contributed by atoms with Gasteiger partial charge in [0.2, 0.25) is 0 Å². The monoisotopic (exact) mass is 433 g/mol. The summed E-state index contributed by atoms with van der Waals surface area (Å²) < 4.78 is 25.3. The summed E-state index contributed by atoms with van der Waals surface area (Å²) in [4.78, 5) is 16.9. The van der Waals surface area contributed by atoms with Crippen LogP contribution in [0.3, 0.4) is 0 Å². The number of benzene rings is 2. The minimum absolute atomic E-state index is 0.0468. The van der Waals surface area contributed by atoms with E-state index in [2.05, 4.69) is 4.98 Å². The molecule has 0 spiro atoms. The molecule has 0 aliphatic carbocycles. The lowest BCUT2D eigenvalue weighted by molar-refractivity contribution is 0.0465. The van der Waals surface area contributed by atoms with Crippen LogP contribution in [0.1, 0.15) is 28.5 Å². The average Bonchev–Trinajstić information content (AvgIpc) is 2.74. The van der Waals surface area contributed by atoms with Crippen molar-refractivity contribution in [3.05, 3.63) is 81.2 Å². The standard InChI is InChI=1S/C22H18Cl2FNO3/c1-3-14-11-17(22(27)29-12-13-7-5-4-6-8-13)26-20(18(14)24)15-9-10-16(23)21(28-2)19(15)25/h4-11H,3,12H2,1-2H3. The lowest BCUT2D eigenvalue weighted by Gasteiger charge is -2.14. The minimum atomic E-state index is -0.703. The third-order valence-corrected chi connectivity index (χ3v) is 5.06. The van der Waals surface area contributed by atoms with E-state index in [4.69, 9.17) is 32.7 Å². The Labute approximate surface area is 178 Å². The number of hydrogen-bond donors (Lipinski definition) is 0. The molecule has 7 heteroatoms. The number of pyridine rings is 1. The third-order valence-electron chi connectivity index (χ3n) is 4.34. The lowest BCUT2D eigenvalue weighted by atomic mass is 10.0. The fourth-order valence-electron chi connectivity index (χ4n) is 2.82. The summed E-state index contributed by atoms with van der Waals surface area (Å²) in [5, 5.41) is 0.384. The molecule has 0 unspecified atom stereocenters. The van der Waals surface area contributed by atoms with Crippen LogP contribution in [0.15, 0.2) is 48.5 Å². The number of halogens is 3. The summed E-state index contributed by atoms with van der Waals surface area (Å²) in [5.41, 5.74) is 1.76. The van der Waals surface area contributed by atoms with Gasteiger partial charge >= 0.3 is 5.97 Å². The number of carbonyl (C=O) groups excluding carboxylic acids is 1. The van der Waals surface area contributed by atoms with Gasteiger partial charge in [-0.15, -0.1) is 0 Å². The van der Waals surface area contributed by atoms with Crippen molar-refractivity contribution in [3.8, 4) is 17.0 Å². The maximum Gasteiger partial charge on any atom is 0.357 e. The van der Waals surface area contributed by atoms with Crippen molar-refractivity contribution in [1.29, 1.82) is 0 Å². The molecule has 0 N–H and O–H groups in total. The number of esters is 1. The van der Waals surface area contributed by atoms with E-state index in [1.807, 2.05) is 37.3 Å². The van der Waals surface area contributed by atoms with Crippen LogP contribution in [0, 0.1) is 5.82 Å². The molecule has 3 rings (SSSR count). The van der Waals surface area contributed by atoms with Crippen LogP contribution in [-0.4, -0.2) is 18.1 Å². The predicted molar refractivity (Wildman–Crippen MR) is 111 cm³/mol. The summed E-state index contributed by atoms with van der Waals surface area (Å²) in [6.07, 6.45) is 0.527. The second kappa shape index (κ2) is 9.25. The van der Waals surface area contributed by atoms with Crippen LogP contribution in [0.4, 0.5) is 4.39 Å². The number of aromatic nitrogens is 1. The zero-order valence-electron chi connectivity index (χ0n) is 15.8. The first kappa shape index (κ1) is 21.1. The summed E-state index contributed by atoms with van der Waals surface area (Å²) in [7, 11) is 1.32. The van der Waals surface area contributed by atoms with Gasteiger partial charge in [0.05, 0.1) is 22.8 Å². The number of ether oxygens (including phenoxy) is 2. The summed E-state index contributed by atoms with van der Waals surface area (Å²) >= 11 is 12.4. The molecule has 0 bridgehead atoms. The normalized spacial score (nSPS) is 10.7. The molecular weight excluding hydrogens is 416 g/mol. The molecule has 0 fully saturated rings. The lowest BCUT2D eigenvalue weighted by Crippen LogP contribution is -2.10. The number of rotatable bonds is 6. The first-order chi connectivity index (χ1) is 14.0. The molecule has 4 nitrogen and oxygen atoms in total. The number of hydrogen-bond acceptors (Lipinski definition) is 4. The van der Waals surface area contributed by atoms with Gasteiger partial charge in [0, 0.05) is 5.56 Å². The van der Waals surface area contributed by atoms with Gasteiger partial charge in [0.15, 0.2) is 11.6 Å². The summed E-state index contributed by atoms with van der Waals surface area (Å²) in [6.45, 7) is 1.98. The van der Waals surface area contributed by atoms with Crippen LogP contribution in [0.2, 0.25) is 10.0 Å².